The maximum absolute atomic E-state index is 11.2. The maximum atomic E-state index is 11.2. The summed E-state index contributed by atoms with van der Waals surface area (Å²) in [6.45, 7) is 3.96. The molecule has 1 aliphatic rings. The first-order chi connectivity index (χ1) is 6.75. The molecule has 14 heavy (non-hydrogen) atoms. The predicted octanol–water partition coefficient (Wildman–Crippen LogP) is 0.909. The molecule has 1 fully saturated rings. The first-order valence-electron chi connectivity index (χ1n) is 5.16. The lowest BCUT2D eigenvalue weighted by atomic mass is 10.2. The number of rotatable bonds is 2. The average molecular weight is 192 g/mol. The SMILES string of the molecule is Cc1cn(C[C@H]2CCCN2)ccc1=O. The summed E-state index contributed by atoms with van der Waals surface area (Å²) in [6.07, 6.45) is 6.31. The van der Waals surface area contributed by atoms with Crippen LogP contribution in [0, 0.1) is 6.92 Å². The van der Waals surface area contributed by atoms with E-state index in [-0.39, 0.29) is 5.43 Å². The van der Waals surface area contributed by atoms with E-state index in [2.05, 4.69) is 9.88 Å². The molecule has 0 spiro atoms. The van der Waals surface area contributed by atoms with Gasteiger partial charge in [0.2, 0.25) is 0 Å². The van der Waals surface area contributed by atoms with E-state index in [4.69, 9.17) is 0 Å². The third kappa shape index (κ3) is 2.04. The lowest BCUT2D eigenvalue weighted by molar-refractivity contribution is 0.506. The van der Waals surface area contributed by atoms with Crippen molar-refractivity contribution in [3.05, 3.63) is 34.2 Å². The molecule has 2 rings (SSSR count). The van der Waals surface area contributed by atoms with Gasteiger partial charge in [0.1, 0.15) is 0 Å². The average Bonchev–Trinajstić information content (AvgIpc) is 2.64. The van der Waals surface area contributed by atoms with Crippen LogP contribution in [0.4, 0.5) is 0 Å². The minimum absolute atomic E-state index is 0.126. The van der Waals surface area contributed by atoms with Crippen LogP contribution >= 0.6 is 0 Å². The van der Waals surface area contributed by atoms with Gasteiger partial charge in [0.15, 0.2) is 5.43 Å². The molecule has 0 radical (unpaired) electrons. The zero-order valence-corrected chi connectivity index (χ0v) is 8.49. The lowest BCUT2D eigenvalue weighted by Crippen LogP contribution is -2.27. The van der Waals surface area contributed by atoms with Crippen molar-refractivity contribution in [3.63, 3.8) is 0 Å². The molecule has 0 unspecified atom stereocenters. The minimum Gasteiger partial charge on any atom is -0.352 e. The topological polar surface area (TPSA) is 34.0 Å². The van der Waals surface area contributed by atoms with Crippen LogP contribution in [-0.2, 0) is 6.54 Å². The zero-order chi connectivity index (χ0) is 9.97. The van der Waals surface area contributed by atoms with Gasteiger partial charge in [-0.25, -0.2) is 0 Å². The normalized spacial score (nSPS) is 21.4. The third-order valence-corrected chi connectivity index (χ3v) is 2.76. The number of nitrogens with zero attached hydrogens (tertiary/aromatic N) is 1. The Labute approximate surface area is 83.8 Å². The van der Waals surface area contributed by atoms with Crippen LogP contribution in [0.3, 0.4) is 0 Å². The second-order valence-corrected chi connectivity index (χ2v) is 3.98. The van der Waals surface area contributed by atoms with E-state index in [0.717, 1.165) is 18.7 Å². The van der Waals surface area contributed by atoms with Crippen molar-refractivity contribution in [3.8, 4) is 0 Å². The fraction of sp³-hybridized carbons (Fsp3) is 0.545. The van der Waals surface area contributed by atoms with Gasteiger partial charge >= 0.3 is 0 Å². The molecule has 3 nitrogen and oxygen atoms in total. The van der Waals surface area contributed by atoms with E-state index in [1.54, 1.807) is 6.07 Å². The van der Waals surface area contributed by atoms with Crippen molar-refractivity contribution in [2.45, 2.75) is 32.4 Å². The summed E-state index contributed by atoms with van der Waals surface area (Å²) in [7, 11) is 0. The van der Waals surface area contributed by atoms with Gasteiger partial charge in [-0.3, -0.25) is 4.79 Å². The molecule has 0 aromatic carbocycles. The molecule has 1 N–H and O–H groups in total. The fourth-order valence-corrected chi connectivity index (χ4v) is 1.93. The Morgan fingerprint density at radius 2 is 2.50 bits per heavy atom. The van der Waals surface area contributed by atoms with Crippen LogP contribution in [0.25, 0.3) is 0 Å². The van der Waals surface area contributed by atoms with Crippen LogP contribution in [0.15, 0.2) is 23.3 Å². The first kappa shape index (κ1) is 9.46. The van der Waals surface area contributed by atoms with Crippen LogP contribution in [0.1, 0.15) is 18.4 Å². The zero-order valence-electron chi connectivity index (χ0n) is 8.49. The highest BCUT2D eigenvalue weighted by atomic mass is 16.1. The Bertz CT molecular complexity index is 364. The second kappa shape index (κ2) is 3.96. The molecule has 0 saturated carbocycles. The predicted molar refractivity (Wildman–Crippen MR) is 56.5 cm³/mol. The standard InChI is InChI=1S/C11H16N2O/c1-9-7-13(6-4-11(9)14)8-10-3-2-5-12-10/h4,6-7,10,12H,2-3,5,8H2,1H3/t10-/m1/s1. The van der Waals surface area contributed by atoms with E-state index in [9.17, 15) is 4.79 Å². The first-order valence-corrected chi connectivity index (χ1v) is 5.16. The van der Waals surface area contributed by atoms with Gasteiger partial charge in [0.05, 0.1) is 0 Å². The van der Waals surface area contributed by atoms with Gasteiger partial charge in [0, 0.05) is 36.6 Å². The van der Waals surface area contributed by atoms with Crippen LogP contribution in [0.5, 0.6) is 0 Å². The lowest BCUT2D eigenvalue weighted by Gasteiger charge is -2.13. The maximum Gasteiger partial charge on any atom is 0.184 e. The van der Waals surface area contributed by atoms with Crippen molar-refractivity contribution >= 4 is 0 Å². The molecule has 0 amide bonds. The number of hydrogen-bond acceptors (Lipinski definition) is 2. The largest absolute Gasteiger partial charge is 0.352 e. The summed E-state index contributed by atoms with van der Waals surface area (Å²) in [4.78, 5) is 11.2. The molecule has 1 aromatic heterocycles. The number of aromatic nitrogens is 1. The molecule has 1 aliphatic heterocycles. The monoisotopic (exact) mass is 192 g/mol. The Morgan fingerprint density at radius 1 is 1.64 bits per heavy atom. The molecule has 0 aliphatic carbocycles. The fourth-order valence-electron chi connectivity index (χ4n) is 1.93. The van der Waals surface area contributed by atoms with E-state index in [1.807, 2.05) is 19.3 Å². The molecule has 0 bridgehead atoms. The quantitative estimate of drug-likeness (QED) is 0.755. The molecule has 3 heteroatoms. The van der Waals surface area contributed by atoms with E-state index >= 15 is 0 Å². The third-order valence-electron chi connectivity index (χ3n) is 2.76. The van der Waals surface area contributed by atoms with Gasteiger partial charge in [-0.1, -0.05) is 0 Å². The van der Waals surface area contributed by atoms with Gasteiger partial charge < -0.3 is 9.88 Å². The number of aryl methyl sites for hydroxylation is 1. The van der Waals surface area contributed by atoms with Crippen molar-refractivity contribution in [2.24, 2.45) is 0 Å². The van der Waals surface area contributed by atoms with Crippen LogP contribution < -0.4 is 10.7 Å². The molecular formula is C11H16N2O. The minimum atomic E-state index is 0.126. The Hall–Kier alpha value is -1.09. The number of pyridine rings is 1. The van der Waals surface area contributed by atoms with Crippen LogP contribution in [-0.4, -0.2) is 17.2 Å². The number of hydrogen-bond donors (Lipinski definition) is 1. The van der Waals surface area contributed by atoms with E-state index in [0.29, 0.717) is 6.04 Å². The molecular weight excluding hydrogens is 176 g/mol. The van der Waals surface area contributed by atoms with Gasteiger partial charge in [-0.05, 0) is 26.3 Å². The summed E-state index contributed by atoms with van der Waals surface area (Å²) in [5.41, 5.74) is 0.950. The summed E-state index contributed by atoms with van der Waals surface area (Å²) in [6, 6.07) is 2.22. The van der Waals surface area contributed by atoms with Crippen LogP contribution in [0.2, 0.25) is 0 Å². The van der Waals surface area contributed by atoms with Crippen molar-refractivity contribution in [2.75, 3.05) is 6.54 Å². The van der Waals surface area contributed by atoms with Crippen molar-refractivity contribution in [1.82, 2.24) is 9.88 Å². The molecule has 1 aromatic rings. The Kier molecular flexibility index (Phi) is 2.68. The van der Waals surface area contributed by atoms with Crippen molar-refractivity contribution in [1.29, 1.82) is 0 Å². The highest BCUT2D eigenvalue weighted by molar-refractivity contribution is 5.07. The summed E-state index contributed by atoms with van der Waals surface area (Å²) in [5, 5.41) is 3.44. The van der Waals surface area contributed by atoms with E-state index < -0.39 is 0 Å². The molecule has 1 saturated heterocycles. The van der Waals surface area contributed by atoms with Crippen molar-refractivity contribution < 1.29 is 0 Å². The van der Waals surface area contributed by atoms with Gasteiger partial charge in [-0.15, -0.1) is 0 Å². The summed E-state index contributed by atoms with van der Waals surface area (Å²) in [5.74, 6) is 0. The van der Waals surface area contributed by atoms with Gasteiger partial charge in [0.25, 0.3) is 0 Å². The van der Waals surface area contributed by atoms with Gasteiger partial charge in [-0.2, -0.15) is 0 Å². The van der Waals surface area contributed by atoms with E-state index in [1.165, 1.54) is 12.8 Å². The Morgan fingerprint density at radius 3 is 3.14 bits per heavy atom. The second-order valence-electron chi connectivity index (χ2n) is 3.98. The summed E-state index contributed by atoms with van der Waals surface area (Å²) >= 11 is 0. The summed E-state index contributed by atoms with van der Waals surface area (Å²) < 4.78 is 2.10. The highest BCUT2D eigenvalue weighted by Gasteiger charge is 2.13. The molecule has 76 valence electrons. The molecule has 1 atom stereocenters. The highest BCUT2D eigenvalue weighted by Crippen LogP contribution is 2.07. The molecule has 2 heterocycles. The number of nitrogens with one attached hydrogen (secondary N) is 1. The smallest absolute Gasteiger partial charge is 0.184 e. The Balaban J connectivity index is 2.09.